The number of hydrogen-bond donors (Lipinski definition) is 2. The predicted octanol–water partition coefficient (Wildman–Crippen LogP) is 5.70. The van der Waals surface area contributed by atoms with Gasteiger partial charge in [0.15, 0.2) is 0 Å². The topological polar surface area (TPSA) is 84.9 Å². The van der Waals surface area contributed by atoms with E-state index in [1.54, 1.807) is 12.1 Å². The first-order valence-corrected chi connectivity index (χ1v) is 14.1. The summed E-state index contributed by atoms with van der Waals surface area (Å²) < 4.78 is 40.8. The van der Waals surface area contributed by atoms with Crippen molar-refractivity contribution in [3.63, 3.8) is 0 Å². The number of likely N-dealkylation sites (tertiary alicyclic amines) is 1. The molecule has 1 N–H and O–H groups in total. The maximum Gasteiger partial charge on any atom is 0.411 e. The van der Waals surface area contributed by atoms with Gasteiger partial charge in [0.05, 0.1) is 16.3 Å². The molecule has 1 aliphatic rings. The van der Waals surface area contributed by atoms with Crippen molar-refractivity contribution in [1.82, 2.24) is 9.62 Å². The lowest BCUT2D eigenvalue weighted by Gasteiger charge is -2.32. The van der Waals surface area contributed by atoms with Gasteiger partial charge < -0.3 is 9.47 Å². The summed E-state index contributed by atoms with van der Waals surface area (Å²) in [6, 6.07) is 24.3. The third-order valence-corrected chi connectivity index (χ3v) is 8.50. The lowest BCUT2D eigenvalue weighted by atomic mass is 9.78. The van der Waals surface area contributed by atoms with Crippen LogP contribution in [0.2, 0.25) is 0 Å². The summed E-state index contributed by atoms with van der Waals surface area (Å²) in [6.07, 6.45) is -0.526. The first kappa shape index (κ1) is 27.0. The lowest BCUT2D eigenvalue weighted by Crippen LogP contribution is -2.47. The second-order valence-electron chi connectivity index (χ2n) is 10.1. The number of rotatable bonds is 7. The molecule has 1 heterocycles. The van der Waals surface area contributed by atoms with Gasteiger partial charge >= 0.3 is 6.09 Å². The maximum absolute atomic E-state index is 13.3. The molecule has 0 spiro atoms. The van der Waals surface area contributed by atoms with Crippen molar-refractivity contribution >= 4 is 28.7 Å². The van der Waals surface area contributed by atoms with Gasteiger partial charge in [-0.15, -0.1) is 0 Å². The zero-order valence-electron chi connectivity index (χ0n) is 21.1. The predicted molar refractivity (Wildman–Crippen MR) is 146 cm³/mol. The number of para-hydroxylation sites is 1. The van der Waals surface area contributed by atoms with E-state index in [2.05, 4.69) is 17.4 Å². The van der Waals surface area contributed by atoms with Crippen LogP contribution in [-0.2, 0) is 21.4 Å². The molecule has 1 fully saturated rings. The number of nitrogens with one attached hydrogen (secondary N) is 1. The van der Waals surface area contributed by atoms with Gasteiger partial charge in [-0.25, -0.2) is 17.9 Å². The van der Waals surface area contributed by atoms with Crippen molar-refractivity contribution in [2.24, 2.45) is 11.3 Å². The Balaban J connectivity index is 1.47. The summed E-state index contributed by atoms with van der Waals surface area (Å²) in [4.78, 5) is 14.5. The lowest BCUT2D eigenvalue weighted by molar-refractivity contribution is 0.0977. The molecule has 0 radical (unpaired) electrons. The number of nitrogens with zero attached hydrogens (tertiary/aromatic N) is 1. The molecule has 0 saturated carbocycles. The summed E-state index contributed by atoms with van der Waals surface area (Å²) >= 11 is 4.67. The fourth-order valence-corrected chi connectivity index (χ4v) is 6.19. The smallest absolute Gasteiger partial charge is 0.411 e. The van der Waals surface area contributed by atoms with Crippen LogP contribution in [0.15, 0.2) is 89.8 Å². The van der Waals surface area contributed by atoms with Crippen LogP contribution >= 0.6 is 12.6 Å². The van der Waals surface area contributed by atoms with Gasteiger partial charge in [0, 0.05) is 12.5 Å². The third-order valence-electron chi connectivity index (χ3n) is 6.42. The van der Waals surface area contributed by atoms with E-state index in [4.69, 9.17) is 9.47 Å². The van der Waals surface area contributed by atoms with Crippen LogP contribution in [0.3, 0.4) is 0 Å². The average Bonchev–Trinajstić information content (AvgIpc) is 3.20. The average molecular weight is 541 g/mol. The van der Waals surface area contributed by atoms with Gasteiger partial charge in [-0.3, -0.25) is 4.90 Å². The molecule has 3 aromatic carbocycles. The Morgan fingerprint density at radius 3 is 2.11 bits per heavy atom. The second kappa shape index (κ2) is 11.2. The molecule has 196 valence electrons. The van der Waals surface area contributed by atoms with Crippen LogP contribution in [0, 0.1) is 11.3 Å². The molecular formula is C28H32N2O5S2. The number of benzene rings is 3. The summed E-state index contributed by atoms with van der Waals surface area (Å²) in [7, 11) is -3.90. The highest BCUT2D eigenvalue weighted by molar-refractivity contribution is 7.89. The first-order chi connectivity index (χ1) is 17.5. The number of ether oxygens (including phenoxy) is 2. The van der Waals surface area contributed by atoms with E-state index in [9.17, 15) is 13.2 Å². The number of carbonyl (C=O) groups is 1. The summed E-state index contributed by atoms with van der Waals surface area (Å²) in [5.41, 5.74) is 0.575. The Labute approximate surface area is 224 Å². The molecule has 0 aliphatic carbocycles. The second-order valence-corrected chi connectivity index (χ2v) is 12.4. The molecule has 37 heavy (non-hydrogen) atoms. The minimum atomic E-state index is -3.90. The van der Waals surface area contributed by atoms with E-state index in [-0.39, 0.29) is 22.8 Å². The molecule has 7 nitrogen and oxygen atoms in total. The van der Waals surface area contributed by atoms with Crippen LogP contribution in [0.1, 0.15) is 26.3 Å². The Bertz CT molecular complexity index is 1290. The largest absolute Gasteiger partial charge is 0.457 e. The Morgan fingerprint density at radius 2 is 1.51 bits per heavy atom. The highest BCUT2D eigenvalue weighted by atomic mass is 32.2. The molecule has 1 saturated heterocycles. The molecule has 1 aliphatic heterocycles. The zero-order valence-corrected chi connectivity index (χ0v) is 22.8. The monoisotopic (exact) mass is 540 g/mol. The van der Waals surface area contributed by atoms with Gasteiger partial charge in [0.2, 0.25) is 10.0 Å². The molecule has 9 heteroatoms. The van der Waals surface area contributed by atoms with Crippen molar-refractivity contribution < 1.29 is 22.7 Å². The highest BCUT2D eigenvalue weighted by Crippen LogP contribution is 2.39. The van der Waals surface area contributed by atoms with Crippen molar-refractivity contribution in [3.05, 3.63) is 90.5 Å². The van der Waals surface area contributed by atoms with Crippen molar-refractivity contribution in [3.8, 4) is 11.5 Å². The van der Waals surface area contributed by atoms with Crippen LogP contribution in [-0.4, -0.2) is 37.4 Å². The normalized spacial score (nSPS) is 20.0. The molecule has 1 amide bonds. The van der Waals surface area contributed by atoms with Gasteiger partial charge in [-0.05, 0) is 47.4 Å². The maximum atomic E-state index is 13.3. The molecule has 3 atom stereocenters. The number of hydrogen-bond acceptors (Lipinski definition) is 6. The molecule has 0 aromatic heterocycles. The standard InChI is InChI=1S/C28H32N2O5S2/c1-28(2,3)24-18-30(27(31)34-19-20-10-6-4-7-11-20)26(36)25(24)29-37(32,33)23-16-14-22(15-17-23)35-21-12-8-5-9-13-21/h4-17,24-26,29,36H,18-19H2,1-3H3. The first-order valence-electron chi connectivity index (χ1n) is 12.1. The quantitative estimate of drug-likeness (QED) is 0.376. The van der Waals surface area contributed by atoms with Gasteiger partial charge in [0.1, 0.15) is 18.1 Å². The van der Waals surface area contributed by atoms with Gasteiger partial charge in [-0.2, -0.15) is 12.6 Å². The Kier molecular flexibility index (Phi) is 8.16. The third kappa shape index (κ3) is 6.66. The summed E-state index contributed by atoms with van der Waals surface area (Å²) in [5.74, 6) is 1.00. The molecular weight excluding hydrogens is 508 g/mol. The van der Waals surface area contributed by atoms with Crippen LogP contribution in [0.5, 0.6) is 11.5 Å². The van der Waals surface area contributed by atoms with Crippen LogP contribution < -0.4 is 9.46 Å². The van der Waals surface area contributed by atoms with Crippen molar-refractivity contribution in [1.29, 1.82) is 0 Å². The minimum Gasteiger partial charge on any atom is -0.457 e. The van der Waals surface area contributed by atoms with E-state index in [1.807, 2.05) is 81.4 Å². The summed E-state index contributed by atoms with van der Waals surface area (Å²) in [5, 5.41) is -0.692. The molecule has 0 bridgehead atoms. The van der Waals surface area contributed by atoms with E-state index in [1.165, 1.54) is 17.0 Å². The van der Waals surface area contributed by atoms with Gasteiger partial charge in [0.25, 0.3) is 0 Å². The Hall–Kier alpha value is -3.01. The number of thiol groups is 1. The molecule has 3 unspecified atom stereocenters. The van der Waals surface area contributed by atoms with E-state index in [0.717, 1.165) is 5.56 Å². The fourth-order valence-electron chi connectivity index (χ4n) is 4.33. The number of carbonyl (C=O) groups excluding carboxylic acids is 1. The summed E-state index contributed by atoms with van der Waals surface area (Å²) in [6.45, 7) is 6.52. The van der Waals surface area contributed by atoms with E-state index < -0.39 is 27.5 Å². The van der Waals surface area contributed by atoms with Crippen molar-refractivity contribution in [2.75, 3.05) is 6.54 Å². The zero-order chi connectivity index (χ0) is 26.6. The Morgan fingerprint density at radius 1 is 0.946 bits per heavy atom. The number of sulfonamides is 1. The minimum absolute atomic E-state index is 0.103. The van der Waals surface area contributed by atoms with Crippen LogP contribution in [0.4, 0.5) is 4.79 Å². The van der Waals surface area contributed by atoms with Crippen molar-refractivity contribution in [2.45, 2.75) is 43.7 Å². The molecule has 3 aromatic rings. The number of amides is 1. The van der Waals surface area contributed by atoms with E-state index in [0.29, 0.717) is 18.0 Å². The van der Waals surface area contributed by atoms with Gasteiger partial charge in [-0.1, -0.05) is 69.3 Å². The molecule has 4 rings (SSSR count). The fraction of sp³-hybridized carbons (Fsp3) is 0.321. The van der Waals surface area contributed by atoms with Crippen LogP contribution in [0.25, 0.3) is 0 Å². The SMILES string of the molecule is CC(C)(C)C1CN(C(=O)OCc2ccccc2)C(S)C1NS(=O)(=O)c1ccc(Oc2ccccc2)cc1. The van der Waals surface area contributed by atoms with E-state index >= 15 is 0 Å². The highest BCUT2D eigenvalue weighted by Gasteiger charge is 2.49.